The number of carbonyl (C=O) groups is 2. The molecular weight excluding hydrogens is 518 g/mol. The summed E-state index contributed by atoms with van der Waals surface area (Å²) in [5.41, 5.74) is 3.42. The van der Waals surface area contributed by atoms with Crippen molar-refractivity contribution in [2.75, 3.05) is 30.9 Å². The predicted molar refractivity (Wildman–Crippen MR) is 151 cm³/mol. The quantitative estimate of drug-likeness (QED) is 0.331. The van der Waals surface area contributed by atoms with Crippen molar-refractivity contribution in [1.29, 1.82) is 5.26 Å². The van der Waals surface area contributed by atoms with Gasteiger partial charge in [-0.15, -0.1) is 0 Å². The number of esters is 1. The van der Waals surface area contributed by atoms with Crippen LogP contribution in [0, 0.1) is 11.3 Å². The molecule has 1 N–H and O–H groups in total. The van der Waals surface area contributed by atoms with Gasteiger partial charge in [-0.05, 0) is 47.7 Å². The number of hydrogen-bond acceptors (Lipinski definition) is 9. The van der Waals surface area contributed by atoms with E-state index in [9.17, 15) is 14.9 Å². The van der Waals surface area contributed by atoms with Crippen LogP contribution in [-0.4, -0.2) is 42.6 Å². The monoisotopic (exact) mass is 541 g/mol. The van der Waals surface area contributed by atoms with Gasteiger partial charge in [0.2, 0.25) is 0 Å². The highest BCUT2D eigenvalue weighted by molar-refractivity contribution is 8.19. The minimum atomic E-state index is -0.433. The largest absolute Gasteiger partial charge is 0.468 e. The topological polar surface area (TPSA) is 98.0 Å². The van der Waals surface area contributed by atoms with E-state index in [2.05, 4.69) is 11.4 Å². The molecule has 1 fully saturated rings. The van der Waals surface area contributed by atoms with Crippen molar-refractivity contribution in [3.8, 4) is 6.07 Å². The van der Waals surface area contributed by atoms with Crippen molar-refractivity contribution < 1.29 is 14.3 Å². The van der Waals surface area contributed by atoms with Gasteiger partial charge in [-0.3, -0.25) is 14.5 Å². The number of nitrogens with one attached hydrogen (secondary N) is 1. The third-order valence-corrected chi connectivity index (χ3v) is 8.41. The zero-order chi connectivity index (χ0) is 26.6. The molecule has 1 saturated heterocycles. The van der Waals surface area contributed by atoms with Crippen LogP contribution in [0.1, 0.15) is 11.1 Å². The molecule has 2 aliphatic heterocycles. The summed E-state index contributed by atoms with van der Waals surface area (Å²) < 4.78 is 4.74. The second-order valence-corrected chi connectivity index (χ2v) is 10.4. The number of amides is 1. The summed E-state index contributed by atoms with van der Waals surface area (Å²) in [5, 5.41) is 13.8. The molecule has 2 heterocycles. The van der Waals surface area contributed by atoms with Gasteiger partial charge in [-0.25, -0.2) is 4.99 Å². The number of rotatable bonds is 6. The van der Waals surface area contributed by atoms with E-state index in [-0.39, 0.29) is 12.5 Å². The zero-order valence-corrected chi connectivity index (χ0v) is 22.3. The Morgan fingerprint density at radius 1 is 1.08 bits per heavy atom. The number of aliphatic imine (C=N–C) groups is 1. The molecule has 0 spiro atoms. The fourth-order valence-corrected chi connectivity index (χ4v) is 6.35. The molecular formula is C28H23N5O3S2. The Morgan fingerprint density at radius 3 is 2.58 bits per heavy atom. The first-order valence-corrected chi connectivity index (χ1v) is 13.3. The van der Waals surface area contributed by atoms with Gasteiger partial charge in [-0.1, -0.05) is 54.2 Å². The number of amidine groups is 1. The van der Waals surface area contributed by atoms with Crippen LogP contribution >= 0.6 is 23.5 Å². The number of nitriles is 1. The molecule has 10 heteroatoms. The summed E-state index contributed by atoms with van der Waals surface area (Å²) in [7, 11) is 3.27. The van der Waals surface area contributed by atoms with Gasteiger partial charge in [0.15, 0.2) is 5.17 Å². The maximum absolute atomic E-state index is 13.9. The molecule has 0 bridgehead atoms. The maximum atomic E-state index is 13.9. The summed E-state index contributed by atoms with van der Waals surface area (Å²) in [6.07, 6.45) is 0. The van der Waals surface area contributed by atoms with Gasteiger partial charge in [0.1, 0.15) is 11.4 Å². The number of fused-ring (bicyclic) bond motifs is 1. The fourth-order valence-electron chi connectivity index (χ4n) is 4.01. The number of benzene rings is 3. The van der Waals surface area contributed by atoms with E-state index in [1.165, 1.54) is 18.9 Å². The number of hydrogen-bond donors (Lipinski definition) is 1. The van der Waals surface area contributed by atoms with Crippen LogP contribution in [0.3, 0.4) is 0 Å². The van der Waals surface area contributed by atoms with Crippen molar-refractivity contribution in [3.63, 3.8) is 0 Å². The van der Waals surface area contributed by atoms with Crippen LogP contribution in [0.2, 0.25) is 0 Å². The van der Waals surface area contributed by atoms with E-state index < -0.39 is 5.97 Å². The lowest BCUT2D eigenvalue weighted by atomic mass is 10.2. The molecule has 3 aromatic carbocycles. The molecule has 5 rings (SSSR count). The normalized spacial score (nSPS) is 17.5. The standard InChI is InChI=1S/C28H23N5O3S2/c1-32-22-10-6-7-11-23(22)37-27(32)25-26(35)33(17-18-8-4-3-5-9-18)28(38-25)31-21-14-19(15-29)12-13-20(21)30-16-24(34)36-2/h3-14,30H,16-17H2,1-2H3/b27-25-,31-28-. The second-order valence-electron chi connectivity index (χ2n) is 8.41. The lowest BCUT2D eigenvalue weighted by molar-refractivity contribution is -0.138. The molecule has 0 unspecified atom stereocenters. The fraction of sp³-hybridized carbons (Fsp3) is 0.143. The number of nitrogens with zero attached hydrogens (tertiary/aromatic N) is 4. The maximum Gasteiger partial charge on any atom is 0.325 e. The first kappa shape index (κ1) is 25.4. The summed E-state index contributed by atoms with van der Waals surface area (Å²) in [6.45, 7) is 0.279. The average molecular weight is 542 g/mol. The molecule has 0 aromatic heterocycles. The number of para-hydroxylation sites is 1. The third-order valence-electron chi connectivity index (χ3n) is 5.97. The van der Waals surface area contributed by atoms with Gasteiger partial charge in [0.05, 0.1) is 47.4 Å². The van der Waals surface area contributed by atoms with Gasteiger partial charge in [0, 0.05) is 11.9 Å². The van der Waals surface area contributed by atoms with E-state index in [4.69, 9.17) is 9.73 Å². The van der Waals surface area contributed by atoms with Crippen LogP contribution in [0.4, 0.5) is 17.1 Å². The van der Waals surface area contributed by atoms with Crippen LogP contribution in [0.25, 0.3) is 0 Å². The SMILES string of the molecule is COC(=O)CNc1ccc(C#N)cc1/N=C1\S/C(=C2\Sc3ccccc3N2C)C(=O)N1Cc1ccccc1. The highest BCUT2D eigenvalue weighted by Crippen LogP contribution is 2.50. The van der Waals surface area contributed by atoms with E-state index >= 15 is 0 Å². The first-order chi connectivity index (χ1) is 18.5. The Bertz CT molecular complexity index is 1510. The molecule has 38 heavy (non-hydrogen) atoms. The Morgan fingerprint density at radius 2 is 1.84 bits per heavy atom. The van der Waals surface area contributed by atoms with Crippen molar-refractivity contribution in [2.24, 2.45) is 4.99 Å². The Balaban J connectivity index is 1.57. The van der Waals surface area contributed by atoms with E-state index in [1.54, 1.807) is 34.9 Å². The lowest BCUT2D eigenvalue weighted by Crippen LogP contribution is -2.29. The average Bonchev–Trinajstić information content (AvgIpc) is 3.44. The van der Waals surface area contributed by atoms with Crippen LogP contribution < -0.4 is 10.2 Å². The molecule has 8 nitrogen and oxygen atoms in total. The smallest absolute Gasteiger partial charge is 0.325 e. The lowest BCUT2D eigenvalue weighted by Gasteiger charge is -2.17. The Hall–Kier alpha value is -4.20. The van der Waals surface area contributed by atoms with Gasteiger partial charge < -0.3 is 15.0 Å². The highest BCUT2D eigenvalue weighted by Gasteiger charge is 2.39. The summed E-state index contributed by atoms with van der Waals surface area (Å²) in [5.74, 6) is -0.572. The third kappa shape index (κ3) is 5.11. The Kier molecular flexibility index (Phi) is 7.40. The van der Waals surface area contributed by atoms with Crippen molar-refractivity contribution >= 4 is 57.6 Å². The Labute approximate surface area is 229 Å². The van der Waals surface area contributed by atoms with Crippen LogP contribution in [0.15, 0.2) is 92.6 Å². The molecule has 0 atom stereocenters. The zero-order valence-electron chi connectivity index (χ0n) is 20.7. The minimum Gasteiger partial charge on any atom is -0.468 e. The van der Waals surface area contributed by atoms with Gasteiger partial charge in [0.25, 0.3) is 5.91 Å². The second kappa shape index (κ2) is 11.0. The molecule has 0 saturated carbocycles. The highest BCUT2D eigenvalue weighted by atomic mass is 32.2. The summed E-state index contributed by atoms with van der Waals surface area (Å²) >= 11 is 2.87. The number of carbonyl (C=O) groups excluding carboxylic acids is 2. The number of thioether (sulfide) groups is 2. The number of methoxy groups -OCH3 is 1. The first-order valence-electron chi connectivity index (χ1n) is 11.7. The van der Waals surface area contributed by atoms with Crippen LogP contribution in [-0.2, 0) is 20.9 Å². The van der Waals surface area contributed by atoms with Gasteiger partial charge in [-0.2, -0.15) is 5.26 Å². The van der Waals surface area contributed by atoms with E-state index in [0.29, 0.717) is 33.6 Å². The van der Waals surface area contributed by atoms with Gasteiger partial charge >= 0.3 is 5.97 Å². The van der Waals surface area contributed by atoms with E-state index in [0.717, 1.165) is 21.2 Å². The van der Waals surface area contributed by atoms with Crippen molar-refractivity contribution in [3.05, 3.63) is 93.9 Å². The molecule has 2 aliphatic rings. The van der Waals surface area contributed by atoms with Crippen molar-refractivity contribution in [2.45, 2.75) is 11.4 Å². The van der Waals surface area contributed by atoms with E-state index in [1.807, 2.05) is 66.5 Å². The summed E-state index contributed by atoms with van der Waals surface area (Å²) in [6, 6.07) is 24.9. The summed E-state index contributed by atoms with van der Waals surface area (Å²) in [4.78, 5) is 35.8. The molecule has 190 valence electrons. The minimum absolute atomic E-state index is 0.0605. The van der Waals surface area contributed by atoms with Crippen molar-refractivity contribution in [1.82, 2.24) is 4.90 Å². The van der Waals surface area contributed by atoms with Crippen LogP contribution in [0.5, 0.6) is 0 Å². The number of anilines is 2. The molecule has 1 amide bonds. The molecule has 0 aliphatic carbocycles. The molecule has 0 radical (unpaired) electrons. The predicted octanol–water partition coefficient (Wildman–Crippen LogP) is 5.32. The molecule has 3 aromatic rings. The number of ether oxygens (including phenoxy) is 1.